The van der Waals surface area contributed by atoms with E-state index in [0.717, 1.165) is 19.3 Å². The zero-order chi connectivity index (χ0) is 27.9. The smallest absolute Gasteiger partial charge is 0.325 e. The van der Waals surface area contributed by atoms with Crippen LogP contribution in [0.15, 0.2) is 36.9 Å². The van der Waals surface area contributed by atoms with E-state index >= 15 is 0 Å². The fourth-order valence-corrected chi connectivity index (χ4v) is 7.70. The number of carbonyl (C=O) groups excluding carboxylic acids is 3. The molecule has 3 aliphatic rings. The molecule has 1 aromatic rings. The van der Waals surface area contributed by atoms with Gasteiger partial charge in [0.25, 0.3) is 0 Å². The first-order valence-corrected chi connectivity index (χ1v) is 13.6. The van der Waals surface area contributed by atoms with Crippen LogP contribution in [0.3, 0.4) is 0 Å². The fourth-order valence-electron chi connectivity index (χ4n) is 7.70. The van der Waals surface area contributed by atoms with E-state index in [4.69, 9.17) is 9.47 Å². The molecule has 8 heteroatoms. The SMILES string of the molecule is C=C[C@]1(C)C[C@@H](OC(=O)CNC(=O)Nc2ccc(OC)cc2)[C@@]2(C)C3C(=O)CC[C@@]3(CC[C@H]2C)[C@@H](C)[C@@H]1O. The summed E-state index contributed by atoms with van der Waals surface area (Å²) in [5.41, 5.74) is -1.07. The van der Waals surface area contributed by atoms with Crippen molar-refractivity contribution in [1.29, 1.82) is 0 Å². The summed E-state index contributed by atoms with van der Waals surface area (Å²) in [5.74, 6) is 0.0572. The van der Waals surface area contributed by atoms with Crippen molar-refractivity contribution in [2.45, 2.75) is 72.0 Å². The lowest BCUT2D eigenvalue weighted by atomic mass is 9.44. The Kier molecular flexibility index (Phi) is 7.67. The second-order valence-electron chi connectivity index (χ2n) is 12.1. The molecule has 0 aliphatic heterocycles. The van der Waals surface area contributed by atoms with Crippen molar-refractivity contribution in [1.82, 2.24) is 5.32 Å². The number of Topliss-reactive ketones (excluding diaryl/α,β-unsaturated/α-hetero) is 1. The van der Waals surface area contributed by atoms with Crippen LogP contribution in [0.2, 0.25) is 0 Å². The zero-order valence-electron chi connectivity index (χ0n) is 23.2. The maximum absolute atomic E-state index is 13.5. The van der Waals surface area contributed by atoms with E-state index in [1.54, 1.807) is 37.5 Å². The highest BCUT2D eigenvalue weighted by atomic mass is 16.5. The number of aliphatic hydroxyl groups excluding tert-OH is 1. The summed E-state index contributed by atoms with van der Waals surface area (Å²) in [6.07, 6.45) is 3.80. The van der Waals surface area contributed by atoms with E-state index in [2.05, 4.69) is 38.0 Å². The van der Waals surface area contributed by atoms with Crippen LogP contribution in [0.25, 0.3) is 0 Å². The number of methoxy groups -OCH3 is 1. The van der Waals surface area contributed by atoms with Gasteiger partial charge in [0.15, 0.2) is 0 Å². The Bertz CT molecular complexity index is 1090. The standard InChI is InChI=1S/C30H42N2O6/c1-7-28(4)16-23(38-24(34)17-31-27(36)32-20-8-10-21(37-6)11-9-20)29(5)18(2)12-14-30(19(3)26(28)35)15-13-22(33)25(29)30/h7-11,18-19,23,25-26,35H,1,12-17H2,2-6H3,(H2,31,32,36)/t18-,19+,23-,25?,26+,28-,29+,30+/m1/s1. The second kappa shape index (κ2) is 10.4. The third-order valence-electron chi connectivity index (χ3n) is 10.3. The van der Waals surface area contributed by atoms with Crippen LogP contribution >= 0.6 is 0 Å². The van der Waals surface area contributed by atoms with Crippen LogP contribution in [0.1, 0.15) is 59.8 Å². The molecule has 0 spiro atoms. The molecule has 0 aromatic heterocycles. The van der Waals surface area contributed by atoms with Gasteiger partial charge in [-0.05, 0) is 67.2 Å². The molecule has 3 fully saturated rings. The largest absolute Gasteiger partial charge is 0.497 e. The molecule has 0 saturated heterocycles. The molecule has 0 radical (unpaired) electrons. The van der Waals surface area contributed by atoms with Crippen molar-refractivity contribution in [2.75, 3.05) is 19.0 Å². The number of rotatable bonds is 6. The van der Waals surface area contributed by atoms with Crippen LogP contribution in [0.4, 0.5) is 10.5 Å². The summed E-state index contributed by atoms with van der Waals surface area (Å²) >= 11 is 0. The normalized spacial score (nSPS) is 38.3. The Labute approximate surface area is 225 Å². The second-order valence-corrected chi connectivity index (χ2v) is 12.1. The fraction of sp³-hybridized carbons (Fsp3) is 0.633. The highest BCUT2D eigenvalue weighted by Crippen LogP contribution is 2.67. The summed E-state index contributed by atoms with van der Waals surface area (Å²) in [5, 5.41) is 16.8. The van der Waals surface area contributed by atoms with E-state index < -0.39 is 35.0 Å². The average molecular weight is 527 g/mol. The minimum Gasteiger partial charge on any atom is -0.497 e. The molecule has 2 amide bonds. The third-order valence-corrected chi connectivity index (χ3v) is 10.3. The van der Waals surface area contributed by atoms with Gasteiger partial charge in [-0.1, -0.05) is 33.8 Å². The van der Waals surface area contributed by atoms with Gasteiger partial charge in [0.1, 0.15) is 24.2 Å². The molecule has 8 atom stereocenters. The number of amides is 2. The molecule has 1 aromatic carbocycles. The van der Waals surface area contributed by atoms with Gasteiger partial charge in [-0.25, -0.2) is 4.79 Å². The van der Waals surface area contributed by atoms with Gasteiger partial charge in [-0.3, -0.25) is 9.59 Å². The monoisotopic (exact) mass is 526 g/mol. The molecular formula is C30H42N2O6. The Balaban J connectivity index is 1.55. The lowest BCUT2D eigenvalue weighted by Crippen LogP contribution is -2.63. The van der Waals surface area contributed by atoms with Gasteiger partial charge >= 0.3 is 12.0 Å². The quantitative estimate of drug-likeness (QED) is 0.365. The molecule has 0 heterocycles. The highest BCUT2D eigenvalue weighted by Gasteiger charge is 2.68. The maximum Gasteiger partial charge on any atom is 0.325 e. The third kappa shape index (κ3) is 4.61. The Hall–Kier alpha value is -2.87. The number of esters is 1. The number of urea groups is 1. The zero-order valence-corrected chi connectivity index (χ0v) is 23.2. The van der Waals surface area contributed by atoms with E-state index in [1.807, 2.05) is 6.92 Å². The molecule has 38 heavy (non-hydrogen) atoms. The highest BCUT2D eigenvalue weighted by molar-refractivity contribution is 5.91. The molecule has 1 unspecified atom stereocenters. The molecule has 2 bridgehead atoms. The van der Waals surface area contributed by atoms with E-state index in [0.29, 0.717) is 24.3 Å². The Morgan fingerprint density at radius 2 is 1.87 bits per heavy atom. The number of nitrogens with one attached hydrogen (secondary N) is 2. The van der Waals surface area contributed by atoms with Gasteiger partial charge in [0.05, 0.1) is 13.2 Å². The summed E-state index contributed by atoms with van der Waals surface area (Å²) in [4.78, 5) is 39.0. The number of hydrogen-bond donors (Lipinski definition) is 3. The van der Waals surface area contributed by atoms with Crippen LogP contribution in [-0.4, -0.2) is 48.8 Å². The van der Waals surface area contributed by atoms with Gasteiger partial charge in [0.2, 0.25) is 0 Å². The molecule has 3 saturated carbocycles. The lowest BCUT2D eigenvalue weighted by molar-refractivity contribution is -0.206. The average Bonchev–Trinajstić information content (AvgIpc) is 3.26. The lowest BCUT2D eigenvalue weighted by Gasteiger charge is -2.61. The summed E-state index contributed by atoms with van der Waals surface area (Å²) in [6.45, 7) is 12.0. The summed E-state index contributed by atoms with van der Waals surface area (Å²) < 4.78 is 11.3. The molecule has 3 aliphatic carbocycles. The van der Waals surface area contributed by atoms with Gasteiger partial charge in [-0.2, -0.15) is 0 Å². The topological polar surface area (TPSA) is 114 Å². The van der Waals surface area contributed by atoms with Crippen LogP contribution in [0, 0.1) is 34.0 Å². The maximum atomic E-state index is 13.5. The molecule has 8 nitrogen and oxygen atoms in total. The number of anilines is 1. The number of benzene rings is 1. The molecule has 208 valence electrons. The van der Waals surface area contributed by atoms with Crippen molar-refractivity contribution in [3.05, 3.63) is 36.9 Å². The van der Waals surface area contributed by atoms with Crippen molar-refractivity contribution in [3.8, 4) is 5.75 Å². The van der Waals surface area contributed by atoms with Crippen molar-refractivity contribution in [2.24, 2.45) is 34.0 Å². The first kappa shape index (κ1) is 28.1. The number of carbonyl (C=O) groups is 3. The number of ether oxygens (including phenoxy) is 2. The van der Waals surface area contributed by atoms with Crippen molar-refractivity contribution < 1.29 is 29.0 Å². The van der Waals surface area contributed by atoms with E-state index in [-0.39, 0.29) is 35.5 Å². The minimum atomic E-state index is -0.721. The predicted octanol–water partition coefficient (Wildman–Crippen LogP) is 4.72. The van der Waals surface area contributed by atoms with Crippen LogP contribution in [0.5, 0.6) is 5.75 Å². The van der Waals surface area contributed by atoms with Gasteiger partial charge < -0.3 is 25.2 Å². The Morgan fingerprint density at radius 3 is 2.50 bits per heavy atom. The van der Waals surface area contributed by atoms with Gasteiger partial charge in [-0.15, -0.1) is 6.58 Å². The van der Waals surface area contributed by atoms with Gasteiger partial charge in [0, 0.05) is 28.9 Å². The van der Waals surface area contributed by atoms with E-state index in [9.17, 15) is 19.5 Å². The summed E-state index contributed by atoms with van der Waals surface area (Å²) in [7, 11) is 1.56. The number of hydrogen-bond acceptors (Lipinski definition) is 6. The van der Waals surface area contributed by atoms with Crippen molar-refractivity contribution in [3.63, 3.8) is 0 Å². The summed E-state index contributed by atoms with van der Waals surface area (Å²) in [6, 6.07) is 6.31. The molecule has 4 rings (SSSR count). The number of aliphatic hydroxyl groups is 1. The van der Waals surface area contributed by atoms with E-state index in [1.165, 1.54) is 0 Å². The van der Waals surface area contributed by atoms with Crippen LogP contribution in [-0.2, 0) is 14.3 Å². The predicted molar refractivity (Wildman–Crippen MR) is 145 cm³/mol. The number of ketones is 1. The first-order valence-electron chi connectivity index (χ1n) is 13.6. The first-order chi connectivity index (χ1) is 17.9. The Morgan fingerprint density at radius 1 is 1.18 bits per heavy atom. The molecular weight excluding hydrogens is 484 g/mol. The van der Waals surface area contributed by atoms with Crippen LogP contribution < -0.4 is 15.4 Å². The van der Waals surface area contributed by atoms with Crippen molar-refractivity contribution >= 4 is 23.5 Å². The molecule has 3 N–H and O–H groups in total. The minimum absolute atomic E-state index is 0.0891.